The predicted molar refractivity (Wildman–Crippen MR) is 91.8 cm³/mol. The Morgan fingerprint density at radius 3 is 1.50 bits per heavy atom. The van der Waals surface area contributed by atoms with Crippen LogP contribution in [0.15, 0.2) is 60.7 Å². The van der Waals surface area contributed by atoms with Gasteiger partial charge in [0.1, 0.15) is 0 Å². The highest BCUT2D eigenvalue weighted by atomic mass is 16.5. The molecule has 3 rings (SSSR count). The molecule has 1 saturated heterocycles. The van der Waals surface area contributed by atoms with Crippen molar-refractivity contribution in [2.24, 2.45) is 0 Å². The Kier molecular flexibility index (Phi) is 5.01. The maximum Gasteiger partial charge on any atom is 0.0986 e. The van der Waals surface area contributed by atoms with Crippen LogP contribution in [0.25, 0.3) is 0 Å². The molecule has 127 valence electrons. The quantitative estimate of drug-likeness (QED) is 0.816. The third-order valence-corrected chi connectivity index (χ3v) is 5.12. The minimum absolute atomic E-state index is 0.360. The third kappa shape index (κ3) is 2.66. The van der Waals surface area contributed by atoms with Crippen LogP contribution in [0.3, 0.4) is 0 Å². The largest absolute Gasteiger partial charge is 0.382 e. The van der Waals surface area contributed by atoms with E-state index in [1.54, 1.807) is 14.2 Å². The lowest BCUT2D eigenvalue weighted by Crippen LogP contribution is -2.52. The lowest BCUT2D eigenvalue weighted by molar-refractivity contribution is -0.285. The number of hydroxylamine groups is 2. The summed E-state index contributed by atoms with van der Waals surface area (Å²) in [7, 11) is 3.30. The van der Waals surface area contributed by atoms with Crippen molar-refractivity contribution in [2.75, 3.05) is 27.4 Å². The van der Waals surface area contributed by atoms with Crippen molar-refractivity contribution in [3.8, 4) is 0 Å². The molecule has 0 spiro atoms. The summed E-state index contributed by atoms with van der Waals surface area (Å²) in [5.41, 5.74) is 0.612. The fourth-order valence-corrected chi connectivity index (χ4v) is 3.95. The normalized spacial score (nSPS) is 27.5. The van der Waals surface area contributed by atoms with Crippen LogP contribution in [0.2, 0.25) is 0 Å². The summed E-state index contributed by atoms with van der Waals surface area (Å²) in [6, 6.07) is 19.9. The molecule has 0 bridgehead atoms. The van der Waals surface area contributed by atoms with E-state index in [-0.39, 0.29) is 0 Å². The van der Waals surface area contributed by atoms with E-state index in [0.29, 0.717) is 13.2 Å². The predicted octanol–water partition coefficient (Wildman–Crippen LogP) is 3.51. The van der Waals surface area contributed by atoms with Gasteiger partial charge in [-0.1, -0.05) is 60.7 Å². The molecule has 0 aromatic heterocycles. The molecule has 0 aliphatic carbocycles. The average molecular weight is 326 g/mol. The standard InChI is InChI=1S/C20H24NO3/c1-23-15-19(17-9-5-3-6-10-17)13-14-20(16-24-2,21(19)22)18-11-7-4-8-12-18/h3-12H,13-16H2,1-2H3/t19-,20-/m0/s1. The number of nitrogens with zero attached hydrogens (tertiary/aromatic N) is 1. The molecule has 4 nitrogen and oxygen atoms in total. The third-order valence-electron chi connectivity index (χ3n) is 5.12. The Bertz CT molecular complexity index is 591. The van der Waals surface area contributed by atoms with Crippen molar-refractivity contribution >= 4 is 0 Å². The zero-order valence-corrected chi connectivity index (χ0v) is 14.3. The van der Waals surface area contributed by atoms with Crippen molar-refractivity contribution in [3.05, 3.63) is 71.8 Å². The smallest absolute Gasteiger partial charge is 0.0986 e. The monoisotopic (exact) mass is 326 g/mol. The van der Waals surface area contributed by atoms with Crippen molar-refractivity contribution in [2.45, 2.75) is 23.9 Å². The highest BCUT2D eigenvalue weighted by molar-refractivity contribution is 5.33. The van der Waals surface area contributed by atoms with E-state index >= 15 is 0 Å². The Labute approximate surface area is 143 Å². The first kappa shape index (κ1) is 17.1. The minimum atomic E-state index is -0.690. The summed E-state index contributed by atoms with van der Waals surface area (Å²) < 4.78 is 11.0. The summed E-state index contributed by atoms with van der Waals surface area (Å²) in [4.78, 5) is 0. The van der Waals surface area contributed by atoms with E-state index in [4.69, 9.17) is 9.47 Å². The molecule has 1 aliphatic rings. The summed E-state index contributed by atoms with van der Waals surface area (Å²) >= 11 is 0. The van der Waals surface area contributed by atoms with Crippen molar-refractivity contribution in [1.29, 1.82) is 0 Å². The van der Waals surface area contributed by atoms with E-state index < -0.39 is 11.1 Å². The molecule has 2 atom stereocenters. The van der Waals surface area contributed by atoms with Crippen LogP contribution in [0.1, 0.15) is 24.0 Å². The molecule has 4 heteroatoms. The zero-order valence-electron chi connectivity index (χ0n) is 14.3. The molecule has 1 fully saturated rings. The molecular formula is C20H24NO3. The van der Waals surface area contributed by atoms with E-state index in [2.05, 4.69) is 0 Å². The topological polar surface area (TPSA) is 41.6 Å². The van der Waals surface area contributed by atoms with Gasteiger partial charge in [-0.25, -0.2) is 0 Å². The molecule has 0 saturated carbocycles. The summed E-state index contributed by atoms with van der Waals surface area (Å²) in [5.74, 6) is 0. The van der Waals surface area contributed by atoms with Crippen LogP contribution >= 0.6 is 0 Å². The average Bonchev–Trinajstić information content (AvgIpc) is 2.92. The van der Waals surface area contributed by atoms with Gasteiger partial charge in [-0.15, -0.1) is 10.3 Å². The Hall–Kier alpha value is -1.72. The summed E-state index contributed by atoms with van der Waals surface area (Å²) in [5, 5.41) is 14.9. The second-order valence-electron chi connectivity index (χ2n) is 6.46. The fraction of sp³-hybridized carbons (Fsp3) is 0.400. The van der Waals surface area contributed by atoms with Gasteiger partial charge in [0.15, 0.2) is 0 Å². The van der Waals surface area contributed by atoms with Gasteiger partial charge in [0.05, 0.1) is 24.3 Å². The molecule has 0 N–H and O–H groups in total. The second-order valence-corrected chi connectivity index (χ2v) is 6.46. The second kappa shape index (κ2) is 7.03. The highest BCUT2D eigenvalue weighted by Gasteiger charge is 2.57. The van der Waals surface area contributed by atoms with Crippen LogP contribution in [-0.2, 0) is 25.8 Å². The number of rotatable bonds is 6. The van der Waals surface area contributed by atoms with Gasteiger partial charge in [-0.05, 0) is 24.0 Å². The van der Waals surface area contributed by atoms with E-state index in [1.807, 2.05) is 60.7 Å². The van der Waals surface area contributed by atoms with E-state index in [9.17, 15) is 5.21 Å². The van der Waals surface area contributed by atoms with Crippen LogP contribution in [0.5, 0.6) is 0 Å². The van der Waals surface area contributed by atoms with Gasteiger partial charge in [0.25, 0.3) is 0 Å². The van der Waals surface area contributed by atoms with Gasteiger partial charge >= 0.3 is 0 Å². The Morgan fingerprint density at radius 1 is 0.792 bits per heavy atom. The first-order valence-corrected chi connectivity index (χ1v) is 8.26. The SMILES string of the molecule is COC[C@]1(c2ccccc2)CC[C@](COC)(c2ccccc2)N1[O]. The van der Waals surface area contributed by atoms with Crippen LogP contribution in [-0.4, -0.2) is 32.5 Å². The lowest BCUT2D eigenvalue weighted by Gasteiger charge is -2.41. The molecule has 2 aromatic carbocycles. The number of benzene rings is 2. The molecule has 24 heavy (non-hydrogen) atoms. The zero-order chi connectivity index (χ0) is 17.0. The minimum Gasteiger partial charge on any atom is -0.382 e. The van der Waals surface area contributed by atoms with Crippen molar-refractivity contribution < 1.29 is 14.7 Å². The molecule has 0 amide bonds. The number of hydrogen-bond acceptors (Lipinski definition) is 3. The van der Waals surface area contributed by atoms with Crippen LogP contribution in [0.4, 0.5) is 0 Å². The van der Waals surface area contributed by atoms with Gasteiger partial charge in [0.2, 0.25) is 0 Å². The first-order chi connectivity index (χ1) is 11.7. The van der Waals surface area contributed by atoms with Crippen molar-refractivity contribution in [1.82, 2.24) is 5.06 Å². The Balaban J connectivity index is 2.09. The highest BCUT2D eigenvalue weighted by Crippen LogP contribution is 2.51. The van der Waals surface area contributed by atoms with Crippen LogP contribution in [0, 0.1) is 0 Å². The lowest BCUT2D eigenvalue weighted by atomic mass is 9.88. The van der Waals surface area contributed by atoms with Gasteiger partial charge in [0, 0.05) is 14.2 Å². The maximum atomic E-state index is 13.7. The summed E-state index contributed by atoms with van der Waals surface area (Å²) in [6.45, 7) is 0.720. The molecular weight excluding hydrogens is 302 g/mol. The molecule has 1 radical (unpaired) electrons. The number of hydrogen-bond donors (Lipinski definition) is 0. The maximum absolute atomic E-state index is 13.7. The number of methoxy groups -OCH3 is 2. The van der Waals surface area contributed by atoms with Gasteiger partial charge in [-0.2, -0.15) is 0 Å². The molecule has 2 aromatic rings. The van der Waals surface area contributed by atoms with E-state index in [0.717, 1.165) is 24.0 Å². The first-order valence-electron chi connectivity index (χ1n) is 8.26. The van der Waals surface area contributed by atoms with Crippen molar-refractivity contribution in [3.63, 3.8) is 0 Å². The fourth-order valence-electron chi connectivity index (χ4n) is 3.95. The molecule has 1 aliphatic heterocycles. The molecule has 0 unspecified atom stereocenters. The van der Waals surface area contributed by atoms with Gasteiger partial charge < -0.3 is 9.47 Å². The van der Waals surface area contributed by atoms with E-state index in [1.165, 1.54) is 5.06 Å². The van der Waals surface area contributed by atoms with Crippen LogP contribution < -0.4 is 0 Å². The molecule has 1 heterocycles. The summed E-state index contributed by atoms with van der Waals surface area (Å²) in [6.07, 6.45) is 1.46. The Morgan fingerprint density at radius 2 is 1.17 bits per heavy atom. The van der Waals surface area contributed by atoms with Gasteiger partial charge in [-0.3, -0.25) is 0 Å². The number of ether oxygens (including phenoxy) is 2.